The number of hydrogen-bond acceptors (Lipinski definition) is 6. The second-order valence-electron chi connectivity index (χ2n) is 6.64. The highest BCUT2D eigenvalue weighted by Gasteiger charge is 2.22. The fourth-order valence-electron chi connectivity index (χ4n) is 2.81. The van der Waals surface area contributed by atoms with Crippen LogP contribution in [0.15, 0.2) is 35.2 Å². The van der Waals surface area contributed by atoms with E-state index in [1.807, 2.05) is 17.3 Å². The van der Waals surface area contributed by atoms with E-state index < -0.39 is 0 Å². The minimum atomic E-state index is -0.177. The number of carbonyl (C=O) groups excluding carboxylic acids is 2. The van der Waals surface area contributed by atoms with Crippen LogP contribution in [-0.2, 0) is 11.4 Å². The Labute approximate surface area is 163 Å². The van der Waals surface area contributed by atoms with Crippen molar-refractivity contribution in [2.75, 3.05) is 46.8 Å². The highest BCUT2D eigenvalue weighted by atomic mass is 32.1. The van der Waals surface area contributed by atoms with Gasteiger partial charge in [0.25, 0.3) is 5.91 Å². The fourth-order valence-corrected chi connectivity index (χ4v) is 3.35. The Morgan fingerprint density at radius 1 is 1.19 bits per heavy atom. The topological polar surface area (TPSA) is 66.0 Å². The van der Waals surface area contributed by atoms with E-state index in [-0.39, 0.29) is 18.4 Å². The van der Waals surface area contributed by atoms with Crippen LogP contribution in [0.5, 0.6) is 5.75 Å². The zero-order valence-corrected chi connectivity index (χ0v) is 16.4. The van der Waals surface area contributed by atoms with Gasteiger partial charge in [-0.05, 0) is 31.3 Å². The van der Waals surface area contributed by atoms with Crippen molar-refractivity contribution >= 4 is 23.2 Å². The predicted molar refractivity (Wildman–Crippen MR) is 104 cm³/mol. The average Bonchev–Trinajstić information content (AvgIpc) is 3.20. The highest BCUT2D eigenvalue weighted by molar-refractivity contribution is 7.07. The van der Waals surface area contributed by atoms with Gasteiger partial charge in [-0.15, -0.1) is 11.3 Å². The molecule has 1 aromatic heterocycles. The lowest BCUT2D eigenvalue weighted by atomic mass is 10.2. The van der Waals surface area contributed by atoms with Gasteiger partial charge >= 0.3 is 0 Å². The van der Waals surface area contributed by atoms with Crippen molar-refractivity contribution in [2.45, 2.75) is 6.61 Å². The molecule has 1 aliphatic rings. The third kappa shape index (κ3) is 5.27. The van der Waals surface area contributed by atoms with Crippen molar-refractivity contribution in [3.05, 3.63) is 46.4 Å². The standard InChI is InChI=1S/C19H24N4O3S/c1-21-7-9-23(10-8-21)18(24)11-22(2)19(25)15-3-5-17(6-4-15)26-12-16-13-27-14-20-16/h3-6,13-14H,7-12H2,1-2H3. The summed E-state index contributed by atoms with van der Waals surface area (Å²) < 4.78 is 5.65. The molecule has 8 heteroatoms. The predicted octanol–water partition coefficient (Wildman–Crippen LogP) is 1.57. The summed E-state index contributed by atoms with van der Waals surface area (Å²) in [6, 6.07) is 6.95. The SMILES string of the molecule is CN1CCN(C(=O)CN(C)C(=O)c2ccc(OCc3cscn3)cc2)CC1. The van der Waals surface area contributed by atoms with Crippen molar-refractivity contribution < 1.29 is 14.3 Å². The van der Waals surface area contributed by atoms with E-state index in [1.165, 1.54) is 16.2 Å². The molecule has 27 heavy (non-hydrogen) atoms. The molecule has 2 aromatic rings. The molecule has 0 N–H and O–H groups in total. The van der Waals surface area contributed by atoms with Crippen molar-refractivity contribution in [1.29, 1.82) is 0 Å². The second kappa shape index (κ2) is 8.96. The summed E-state index contributed by atoms with van der Waals surface area (Å²) >= 11 is 1.52. The Bertz CT molecular complexity index is 756. The van der Waals surface area contributed by atoms with Gasteiger partial charge in [-0.2, -0.15) is 0 Å². The number of benzene rings is 1. The van der Waals surface area contributed by atoms with Gasteiger partial charge in [0.1, 0.15) is 12.4 Å². The van der Waals surface area contributed by atoms with Crippen LogP contribution in [0.4, 0.5) is 0 Å². The van der Waals surface area contributed by atoms with Gasteiger partial charge in [0, 0.05) is 44.2 Å². The largest absolute Gasteiger partial charge is 0.487 e. The Kier molecular flexibility index (Phi) is 6.41. The zero-order valence-electron chi connectivity index (χ0n) is 15.6. The van der Waals surface area contributed by atoms with E-state index in [9.17, 15) is 9.59 Å². The van der Waals surface area contributed by atoms with Crippen molar-refractivity contribution in [1.82, 2.24) is 19.7 Å². The minimum absolute atomic E-state index is 0.0119. The van der Waals surface area contributed by atoms with E-state index in [0.29, 0.717) is 31.0 Å². The number of hydrogen-bond donors (Lipinski definition) is 0. The van der Waals surface area contributed by atoms with Crippen LogP contribution < -0.4 is 4.74 Å². The van der Waals surface area contributed by atoms with Crippen LogP contribution in [0.25, 0.3) is 0 Å². The van der Waals surface area contributed by atoms with Crippen LogP contribution in [0.2, 0.25) is 0 Å². The summed E-state index contributed by atoms with van der Waals surface area (Å²) in [6.07, 6.45) is 0. The van der Waals surface area contributed by atoms with Gasteiger partial charge in [0.2, 0.25) is 5.91 Å². The summed E-state index contributed by atoms with van der Waals surface area (Å²) in [7, 11) is 3.70. The first-order chi connectivity index (χ1) is 13.0. The monoisotopic (exact) mass is 388 g/mol. The van der Waals surface area contributed by atoms with Crippen LogP contribution in [-0.4, -0.2) is 78.3 Å². The van der Waals surface area contributed by atoms with Gasteiger partial charge in [0.05, 0.1) is 17.7 Å². The first-order valence-electron chi connectivity index (χ1n) is 8.84. The molecule has 2 amide bonds. The van der Waals surface area contributed by atoms with E-state index in [4.69, 9.17) is 4.74 Å². The number of thiazole rings is 1. The summed E-state index contributed by atoms with van der Waals surface area (Å²) in [5, 5.41) is 1.93. The fraction of sp³-hybridized carbons (Fsp3) is 0.421. The smallest absolute Gasteiger partial charge is 0.254 e. The van der Waals surface area contributed by atoms with Crippen LogP contribution in [0.3, 0.4) is 0 Å². The number of likely N-dealkylation sites (N-methyl/N-ethyl adjacent to an activating group) is 2. The zero-order chi connectivity index (χ0) is 19.2. The first kappa shape index (κ1) is 19.3. The quantitative estimate of drug-likeness (QED) is 0.752. The molecular weight excluding hydrogens is 364 g/mol. The molecular formula is C19H24N4O3S. The summed E-state index contributed by atoms with van der Waals surface area (Å²) in [5.74, 6) is 0.487. The maximum atomic E-state index is 12.6. The molecule has 144 valence electrons. The molecule has 0 saturated carbocycles. The van der Waals surface area contributed by atoms with E-state index in [1.54, 1.807) is 36.8 Å². The molecule has 1 fully saturated rings. The summed E-state index contributed by atoms with van der Waals surface area (Å²) in [6.45, 7) is 3.64. The molecule has 0 atom stereocenters. The van der Waals surface area contributed by atoms with Crippen molar-refractivity contribution in [3.8, 4) is 5.75 Å². The highest BCUT2D eigenvalue weighted by Crippen LogP contribution is 2.15. The van der Waals surface area contributed by atoms with Crippen LogP contribution in [0, 0.1) is 0 Å². The van der Waals surface area contributed by atoms with E-state index >= 15 is 0 Å². The lowest BCUT2D eigenvalue weighted by Gasteiger charge is -2.33. The average molecular weight is 388 g/mol. The molecule has 1 aliphatic heterocycles. The molecule has 7 nitrogen and oxygen atoms in total. The van der Waals surface area contributed by atoms with Gasteiger partial charge in [-0.25, -0.2) is 4.98 Å². The lowest BCUT2D eigenvalue weighted by molar-refractivity contribution is -0.133. The van der Waals surface area contributed by atoms with Crippen LogP contribution >= 0.6 is 11.3 Å². The van der Waals surface area contributed by atoms with E-state index in [0.717, 1.165) is 18.8 Å². The second-order valence-corrected chi connectivity index (χ2v) is 7.36. The lowest BCUT2D eigenvalue weighted by Crippen LogP contribution is -2.50. The molecule has 1 saturated heterocycles. The number of piperazine rings is 1. The molecule has 2 heterocycles. The number of amides is 2. The Hall–Kier alpha value is -2.45. The normalized spacial score (nSPS) is 14.8. The Morgan fingerprint density at radius 2 is 1.89 bits per heavy atom. The van der Waals surface area contributed by atoms with Gasteiger partial charge in [-0.3, -0.25) is 9.59 Å². The third-order valence-corrected chi connectivity index (χ3v) is 5.18. The summed E-state index contributed by atoms with van der Waals surface area (Å²) in [4.78, 5) is 34.6. The number of nitrogens with zero attached hydrogens (tertiary/aromatic N) is 4. The maximum Gasteiger partial charge on any atom is 0.254 e. The molecule has 0 spiro atoms. The molecule has 0 bridgehead atoms. The third-order valence-electron chi connectivity index (χ3n) is 4.55. The first-order valence-corrected chi connectivity index (χ1v) is 9.79. The van der Waals surface area contributed by atoms with Crippen molar-refractivity contribution in [3.63, 3.8) is 0 Å². The molecule has 0 aliphatic carbocycles. The molecule has 0 radical (unpaired) electrons. The van der Waals surface area contributed by atoms with Gasteiger partial charge in [0.15, 0.2) is 0 Å². The number of rotatable bonds is 6. The minimum Gasteiger partial charge on any atom is -0.487 e. The van der Waals surface area contributed by atoms with Gasteiger partial charge in [-0.1, -0.05) is 0 Å². The van der Waals surface area contributed by atoms with E-state index in [2.05, 4.69) is 9.88 Å². The number of aromatic nitrogens is 1. The Balaban J connectivity index is 1.51. The molecule has 0 unspecified atom stereocenters. The molecule has 3 rings (SSSR count). The number of ether oxygens (including phenoxy) is 1. The maximum absolute atomic E-state index is 12.6. The van der Waals surface area contributed by atoms with Gasteiger partial charge < -0.3 is 19.4 Å². The Morgan fingerprint density at radius 3 is 2.52 bits per heavy atom. The number of carbonyl (C=O) groups is 2. The summed E-state index contributed by atoms with van der Waals surface area (Å²) in [5.41, 5.74) is 3.17. The van der Waals surface area contributed by atoms with Crippen molar-refractivity contribution in [2.24, 2.45) is 0 Å². The molecule has 1 aromatic carbocycles. The van der Waals surface area contributed by atoms with Crippen LogP contribution in [0.1, 0.15) is 16.1 Å².